The number of rotatable bonds is 8. The first kappa shape index (κ1) is 17.4. The molecule has 6 heteroatoms. The molecule has 0 radical (unpaired) electrons. The lowest BCUT2D eigenvalue weighted by atomic mass is 10.2. The number of hydrogen-bond donors (Lipinski definition) is 2. The molecular formula is C17H27N3O3. The number of aliphatic imine (C=N–C) groups is 1. The van der Waals surface area contributed by atoms with Crippen molar-refractivity contribution in [1.29, 1.82) is 0 Å². The van der Waals surface area contributed by atoms with Crippen molar-refractivity contribution in [3.8, 4) is 11.5 Å². The summed E-state index contributed by atoms with van der Waals surface area (Å²) in [5, 5.41) is 6.50. The van der Waals surface area contributed by atoms with Crippen molar-refractivity contribution in [2.75, 3.05) is 40.0 Å². The van der Waals surface area contributed by atoms with Crippen molar-refractivity contribution >= 4 is 5.96 Å². The Morgan fingerprint density at radius 2 is 2.22 bits per heavy atom. The molecule has 128 valence electrons. The van der Waals surface area contributed by atoms with E-state index in [0.29, 0.717) is 19.7 Å². The van der Waals surface area contributed by atoms with Gasteiger partial charge in [-0.15, -0.1) is 0 Å². The lowest BCUT2D eigenvalue weighted by Gasteiger charge is -2.13. The van der Waals surface area contributed by atoms with Crippen molar-refractivity contribution < 1.29 is 14.2 Å². The van der Waals surface area contributed by atoms with Crippen LogP contribution < -0.4 is 20.1 Å². The van der Waals surface area contributed by atoms with Crippen LogP contribution in [0.5, 0.6) is 11.5 Å². The number of nitrogens with one attached hydrogen (secondary N) is 2. The molecule has 1 atom stereocenters. The van der Waals surface area contributed by atoms with Gasteiger partial charge in [-0.3, -0.25) is 4.99 Å². The van der Waals surface area contributed by atoms with Gasteiger partial charge in [0.15, 0.2) is 5.96 Å². The summed E-state index contributed by atoms with van der Waals surface area (Å²) < 4.78 is 16.5. The Morgan fingerprint density at radius 1 is 1.35 bits per heavy atom. The van der Waals surface area contributed by atoms with Crippen LogP contribution >= 0.6 is 0 Å². The van der Waals surface area contributed by atoms with Gasteiger partial charge in [0.25, 0.3) is 0 Å². The van der Waals surface area contributed by atoms with Crippen LogP contribution in [0.15, 0.2) is 29.3 Å². The SMILES string of the molecule is CCNC(=NCC1CCCO1)NCCOc1cccc(OC)c1. The van der Waals surface area contributed by atoms with Crippen LogP contribution in [-0.4, -0.2) is 52.0 Å². The van der Waals surface area contributed by atoms with E-state index in [0.717, 1.165) is 43.5 Å². The molecule has 0 bridgehead atoms. The predicted octanol–water partition coefficient (Wildman–Crippen LogP) is 1.81. The minimum Gasteiger partial charge on any atom is -0.497 e. The molecule has 0 saturated carbocycles. The highest BCUT2D eigenvalue weighted by Crippen LogP contribution is 2.18. The summed E-state index contributed by atoms with van der Waals surface area (Å²) in [6.07, 6.45) is 2.50. The first-order valence-corrected chi connectivity index (χ1v) is 8.22. The average molecular weight is 321 g/mol. The van der Waals surface area contributed by atoms with Crippen LogP contribution in [-0.2, 0) is 4.74 Å². The number of benzene rings is 1. The van der Waals surface area contributed by atoms with E-state index in [4.69, 9.17) is 14.2 Å². The Labute approximate surface area is 138 Å². The van der Waals surface area contributed by atoms with E-state index < -0.39 is 0 Å². The predicted molar refractivity (Wildman–Crippen MR) is 91.4 cm³/mol. The van der Waals surface area contributed by atoms with Crippen LogP contribution in [0.4, 0.5) is 0 Å². The number of guanidine groups is 1. The molecule has 23 heavy (non-hydrogen) atoms. The highest BCUT2D eigenvalue weighted by atomic mass is 16.5. The van der Waals surface area contributed by atoms with Gasteiger partial charge in [-0.25, -0.2) is 0 Å². The molecule has 1 aliphatic rings. The molecule has 0 aliphatic carbocycles. The zero-order valence-corrected chi connectivity index (χ0v) is 14.0. The molecule has 1 aliphatic heterocycles. The molecular weight excluding hydrogens is 294 g/mol. The maximum Gasteiger partial charge on any atom is 0.191 e. The van der Waals surface area contributed by atoms with E-state index in [-0.39, 0.29) is 6.10 Å². The third-order valence-electron chi connectivity index (χ3n) is 3.53. The normalized spacial score (nSPS) is 17.8. The lowest BCUT2D eigenvalue weighted by Crippen LogP contribution is -2.39. The van der Waals surface area contributed by atoms with Crippen molar-refractivity contribution in [3.05, 3.63) is 24.3 Å². The fourth-order valence-corrected chi connectivity index (χ4v) is 2.35. The van der Waals surface area contributed by atoms with Gasteiger partial charge in [-0.05, 0) is 31.9 Å². The Kier molecular flexibility index (Phi) is 7.52. The Bertz CT molecular complexity index is 488. The first-order chi connectivity index (χ1) is 11.3. The smallest absolute Gasteiger partial charge is 0.191 e. The fraction of sp³-hybridized carbons (Fsp3) is 0.588. The molecule has 1 unspecified atom stereocenters. The third-order valence-corrected chi connectivity index (χ3v) is 3.53. The van der Waals surface area contributed by atoms with E-state index in [1.165, 1.54) is 0 Å². The minimum atomic E-state index is 0.262. The largest absolute Gasteiger partial charge is 0.497 e. The van der Waals surface area contributed by atoms with Crippen molar-refractivity contribution in [1.82, 2.24) is 10.6 Å². The lowest BCUT2D eigenvalue weighted by molar-refractivity contribution is 0.117. The van der Waals surface area contributed by atoms with Crippen LogP contribution in [0.1, 0.15) is 19.8 Å². The summed E-state index contributed by atoms with van der Waals surface area (Å²) in [6.45, 7) is 5.67. The Hall–Kier alpha value is -1.95. The zero-order valence-electron chi connectivity index (χ0n) is 14.0. The van der Waals surface area contributed by atoms with Gasteiger partial charge in [-0.1, -0.05) is 6.07 Å². The summed E-state index contributed by atoms with van der Waals surface area (Å²) in [4.78, 5) is 4.56. The topological polar surface area (TPSA) is 64.1 Å². The van der Waals surface area contributed by atoms with E-state index in [1.807, 2.05) is 24.3 Å². The Balaban J connectivity index is 1.71. The highest BCUT2D eigenvalue weighted by Gasteiger charge is 2.14. The van der Waals surface area contributed by atoms with E-state index >= 15 is 0 Å². The van der Waals surface area contributed by atoms with Crippen LogP contribution in [0.3, 0.4) is 0 Å². The molecule has 1 saturated heterocycles. The first-order valence-electron chi connectivity index (χ1n) is 8.22. The molecule has 0 amide bonds. The molecule has 1 aromatic rings. The molecule has 2 N–H and O–H groups in total. The average Bonchev–Trinajstić information content (AvgIpc) is 3.10. The van der Waals surface area contributed by atoms with Crippen molar-refractivity contribution in [3.63, 3.8) is 0 Å². The van der Waals surface area contributed by atoms with E-state index in [1.54, 1.807) is 7.11 Å². The van der Waals surface area contributed by atoms with Gasteiger partial charge >= 0.3 is 0 Å². The van der Waals surface area contributed by atoms with Gasteiger partial charge in [0.05, 0.1) is 26.3 Å². The summed E-state index contributed by atoms with van der Waals surface area (Å²) in [5.74, 6) is 2.40. The summed E-state index contributed by atoms with van der Waals surface area (Å²) in [5.41, 5.74) is 0. The second kappa shape index (κ2) is 9.94. The standard InChI is InChI=1S/C17H27N3O3/c1-3-18-17(20-13-16-8-5-10-22-16)19-9-11-23-15-7-4-6-14(12-15)21-2/h4,6-7,12,16H,3,5,8-11,13H2,1-2H3,(H2,18,19,20). The van der Waals surface area contributed by atoms with Crippen molar-refractivity contribution in [2.45, 2.75) is 25.9 Å². The molecule has 1 aromatic carbocycles. The number of ether oxygens (including phenoxy) is 3. The van der Waals surface area contributed by atoms with Gasteiger partial charge in [-0.2, -0.15) is 0 Å². The highest BCUT2D eigenvalue weighted by molar-refractivity contribution is 5.79. The monoisotopic (exact) mass is 321 g/mol. The van der Waals surface area contributed by atoms with Crippen LogP contribution in [0, 0.1) is 0 Å². The van der Waals surface area contributed by atoms with Gasteiger partial charge in [0.2, 0.25) is 0 Å². The second-order valence-electron chi connectivity index (χ2n) is 5.31. The summed E-state index contributed by atoms with van der Waals surface area (Å²) in [7, 11) is 1.65. The maximum atomic E-state index is 5.71. The molecule has 1 fully saturated rings. The molecule has 0 aromatic heterocycles. The minimum absolute atomic E-state index is 0.262. The number of nitrogens with zero attached hydrogens (tertiary/aromatic N) is 1. The quantitative estimate of drug-likeness (QED) is 0.434. The number of hydrogen-bond acceptors (Lipinski definition) is 4. The van der Waals surface area contributed by atoms with E-state index in [2.05, 4.69) is 22.5 Å². The van der Waals surface area contributed by atoms with E-state index in [9.17, 15) is 0 Å². The van der Waals surface area contributed by atoms with Crippen molar-refractivity contribution in [2.24, 2.45) is 4.99 Å². The zero-order chi connectivity index (χ0) is 16.3. The maximum absolute atomic E-state index is 5.71. The van der Waals surface area contributed by atoms with Crippen LogP contribution in [0.2, 0.25) is 0 Å². The molecule has 2 rings (SSSR count). The summed E-state index contributed by atoms with van der Waals surface area (Å²) >= 11 is 0. The van der Waals surface area contributed by atoms with Gasteiger partial charge < -0.3 is 24.8 Å². The van der Waals surface area contributed by atoms with Gasteiger partial charge in [0.1, 0.15) is 18.1 Å². The number of methoxy groups -OCH3 is 1. The van der Waals surface area contributed by atoms with Crippen LogP contribution in [0.25, 0.3) is 0 Å². The Morgan fingerprint density at radius 3 is 2.96 bits per heavy atom. The second-order valence-corrected chi connectivity index (χ2v) is 5.31. The molecule has 0 spiro atoms. The fourth-order valence-electron chi connectivity index (χ4n) is 2.35. The van der Waals surface area contributed by atoms with Gasteiger partial charge in [0, 0.05) is 19.2 Å². The molecule has 6 nitrogen and oxygen atoms in total. The third kappa shape index (κ3) is 6.36. The summed E-state index contributed by atoms with van der Waals surface area (Å²) in [6, 6.07) is 7.59. The molecule has 1 heterocycles.